The minimum absolute atomic E-state index is 0.150. The zero-order valence-electron chi connectivity index (χ0n) is 18.5. The van der Waals surface area contributed by atoms with Crippen molar-refractivity contribution in [2.75, 3.05) is 6.61 Å². The van der Waals surface area contributed by atoms with Crippen LogP contribution in [-0.4, -0.2) is 32.2 Å². The average Bonchev–Trinajstić information content (AvgIpc) is 3.12. The topological polar surface area (TPSA) is 77.2 Å². The summed E-state index contributed by atoms with van der Waals surface area (Å²) in [6.45, 7) is 4.76. The summed E-state index contributed by atoms with van der Waals surface area (Å²) in [7, 11) is 0. The van der Waals surface area contributed by atoms with Gasteiger partial charge in [-0.25, -0.2) is 4.98 Å². The van der Waals surface area contributed by atoms with Gasteiger partial charge in [-0.15, -0.1) is 0 Å². The molecule has 1 aromatic carbocycles. The zero-order valence-corrected chi connectivity index (χ0v) is 18.5. The number of imidazole rings is 1. The van der Waals surface area contributed by atoms with E-state index in [0.717, 1.165) is 41.5 Å². The lowest BCUT2D eigenvalue weighted by Gasteiger charge is -2.17. The van der Waals surface area contributed by atoms with Crippen molar-refractivity contribution in [1.29, 1.82) is 0 Å². The summed E-state index contributed by atoms with van der Waals surface area (Å²) < 4.78 is 46.5. The largest absolute Gasteiger partial charge is 0.493 e. The number of aryl methyl sites for hydroxylation is 2. The van der Waals surface area contributed by atoms with Gasteiger partial charge in [0.25, 0.3) is 0 Å². The molecule has 0 aliphatic rings. The number of aliphatic carboxylic acids is 1. The molecule has 3 aromatic rings. The van der Waals surface area contributed by atoms with E-state index in [1.54, 1.807) is 6.20 Å². The predicted molar refractivity (Wildman–Crippen MR) is 117 cm³/mol. The van der Waals surface area contributed by atoms with Crippen LogP contribution in [0.15, 0.2) is 42.7 Å². The van der Waals surface area contributed by atoms with Crippen molar-refractivity contribution < 1.29 is 27.8 Å². The third-order valence-electron chi connectivity index (χ3n) is 5.34. The van der Waals surface area contributed by atoms with E-state index in [0.29, 0.717) is 31.0 Å². The third-order valence-corrected chi connectivity index (χ3v) is 5.34. The molecule has 0 saturated heterocycles. The van der Waals surface area contributed by atoms with Gasteiger partial charge in [-0.2, -0.15) is 13.2 Å². The highest BCUT2D eigenvalue weighted by molar-refractivity contribution is 5.66. The van der Waals surface area contributed by atoms with Crippen LogP contribution in [0.2, 0.25) is 0 Å². The van der Waals surface area contributed by atoms with Gasteiger partial charge in [-0.3, -0.25) is 9.78 Å². The van der Waals surface area contributed by atoms with E-state index in [9.17, 15) is 18.0 Å². The third kappa shape index (κ3) is 6.34. The number of halogens is 3. The molecule has 0 radical (unpaired) electrons. The Morgan fingerprint density at radius 3 is 2.52 bits per heavy atom. The maximum Gasteiger partial charge on any atom is 0.433 e. The Balaban J connectivity index is 1.77. The number of unbranched alkanes of at least 4 members (excludes halogenated alkanes) is 2. The van der Waals surface area contributed by atoms with Crippen molar-refractivity contribution in [2.45, 2.75) is 52.3 Å². The highest BCUT2D eigenvalue weighted by atomic mass is 19.4. The Kier molecular flexibility index (Phi) is 7.73. The molecule has 0 aliphatic heterocycles. The molecule has 0 saturated carbocycles. The van der Waals surface area contributed by atoms with Gasteiger partial charge in [0.05, 0.1) is 13.2 Å². The summed E-state index contributed by atoms with van der Waals surface area (Å²) in [5, 5.41) is 8.72. The van der Waals surface area contributed by atoms with Crippen molar-refractivity contribution >= 4 is 5.97 Å². The number of carboxylic acids is 1. The van der Waals surface area contributed by atoms with Gasteiger partial charge in [0.2, 0.25) is 0 Å². The number of alkyl halides is 3. The molecular weight excluding hydrogens is 435 g/mol. The van der Waals surface area contributed by atoms with E-state index >= 15 is 0 Å². The van der Waals surface area contributed by atoms with E-state index in [1.165, 1.54) is 12.3 Å². The van der Waals surface area contributed by atoms with Gasteiger partial charge in [0, 0.05) is 35.6 Å². The van der Waals surface area contributed by atoms with Crippen molar-refractivity contribution in [2.24, 2.45) is 0 Å². The molecule has 176 valence electrons. The number of ether oxygens (including phenoxy) is 1. The number of aromatic nitrogens is 3. The average molecular weight is 461 g/mol. The fourth-order valence-corrected chi connectivity index (χ4v) is 3.49. The molecular formula is C24H26F3N3O3. The van der Waals surface area contributed by atoms with Crippen LogP contribution in [0, 0.1) is 13.8 Å². The van der Waals surface area contributed by atoms with Crippen molar-refractivity contribution in [1.82, 2.24) is 14.5 Å². The summed E-state index contributed by atoms with van der Waals surface area (Å²) in [5.74, 6) is 0.445. The highest BCUT2D eigenvalue weighted by Crippen LogP contribution is 2.30. The lowest BCUT2D eigenvalue weighted by Crippen LogP contribution is -2.10. The minimum Gasteiger partial charge on any atom is -0.493 e. The second-order valence-corrected chi connectivity index (χ2v) is 7.84. The standard InChI is InChI=1S/C24H26F3N3O3/c1-16-7-6-8-20(33-12-5-3-4-9-22(31)32)19(16)15-30-17(2)13-29-23(30)18-10-11-21(28-14-18)24(25,26)27/h6-8,10-11,13-14H,3-5,9,12,15H2,1-2H3,(H,31,32). The first-order valence-corrected chi connectivity index (χ1v) is 10.7. The quantitative estimate of drug-likeness (QED) is 0.395. The molecule has 0 fully saturated rings. The van der Waals surface area contributed by atoms with E-state index in [4.69, 9.17) is 9.84 Å². The number of carboxylic acid groups (broad SMARTS) is 1. The SMILES string of the molecule is Cc1cccc(OCCCCCC(=O)O)c1Cn1c(C)cnc1-c1ccc(C(F)(F)F)nc1. The number of nitrogens with zero attached hydrogens (tertiary/aromatic N) is 3. The van der Waals surface area contributed by atoms with Crippen LogP contribution in [-0.2, 0) is 17.5 Å². The molecule has 0 aliphatic carbocycles. The summed E-state index contributed by atoms with van der Waals surface area (Å²) >= 11 is 0. The summed E-state index contributed by atoms with van der Waals surface area (Å²) in [6.07, 6.45) is 0.633. The fraction of sp³-hybridized carbons (Fsp3) is 0.375. The number of benzene rings is 1. The molecule has 0 spiro atoms. The lowest BCUT2D eigenvalue weighted by molar-refractivity contribution is -0.141. The first kappa shape index (κ1) is 24.3. The molecule has 0 unspecified atom stereocenters. The molecule has 2 aromatic heterocycles. The first-order chi connectivity index (χ1) is 15.7. The predicted octanol–water partition coefficient (Wildman–Crippen LogP) is 5.65. The Hall–Kier alpha value is -3.36. The van der Waals surface area contributed by atoms with Gasteiger partial charge >= 0.3 is 12.1 Å². The Morgan fingerprint density at radius 2 is 1.85 bits per heavy atom. The van der Waals surface area contributed by atoms with Gasteiger partial charge in [-0.1, -0.05) is 12.1 Å². The van der Waals surface area contributed by atoms with Crippen molar-refractivity contribution in [3.8, 4) is 17.1 Å². The van der Waals surface area contributed by atoms with Gasteiger partial charge in [0.1, 0.15) is 17.3 Å². The number of carbonyl (C=O) groups is 1. The van der Waals surface area contributed by atoms with Gasteiger partial charge in [0.15, 0.2) is 0 Å². The number of rotatable bonds is 10. The van der Waals surface area contributed by atoms with Crippen molar-refractivity contribution in [3.63, 3.8) is 0 Å². The van der Waals surface area contributed by atoms with E-state index in [2.05, 4.69) is 9.97 Å². The minimum atomic E-state index is -4.50. The number of hydrogen-bond acceptors (Lipinski definition) is 4. The Morgan fingerprint density at radius 1 is 1.06 bits per heavy atom. The summed E-state index contributed by atoms with van der Waals surface area (Å²) in [6, 6.07) is 8.09. The first-order valence-electron chi connectivity index (χ1n) is 10.7. The van der Waals surface area contributed by atoms with E-state index < -0.39 is 17.8 Å². The molecule has 0 amide bonds. The molecule has 33 heavy (non-hydrogen) atoms. The van der Waals surface area contributed by atoms with Gasteiger partial charge in [-0.05, 0) is 56.9 Å². The molecule has 3 rings (SSSR count). The Labute approximate surface area is 190 Å². The maximum absolute atomic E-state index is 12.9. The lowest BCUT2D eigenvalue weighted by atomic mass is 10.1. The summed E-state index contributed by atoms with van der Waals surface area (Å²) in [4.78, 5) is 18.6. The van der Waals surface area contributed by atoms with E-state index in [-0.39, 0.29) is 6.42 Å². The molecule has 0 atom stereocenters. The smallest absolute Gasteiger partial charge is 0.433 e. The van der Waals surface area contributed by atoms with Crippen LogP contribution in [0.1, 0.15) is 48.2 Å². The Bertz CT molecular complexity index is 1090. The molecule has 9 heteroatoms. The molecule has 2 heterocycles. The monoisotopic (exact) mass is 461 g/mol. The van der Waals surface area contributed by atoms with Crippen molar-refractivity contribution in [3.05, 3.63) is 65.2 Å². The molecule has 6 nitrogen and oxygen atoms in total. The molecule has 0 bridgehead atoms. The highest BCUT2D eigenvalue weighted by Gasteiger charge is 2.32. The van der Waals surface area contributed by atoms with Crippen LogP contribution >= 0.6 is 0 Å². The summed E-state index contributed by atoms with van der Waals surface area (Å²) in [5.41, 5.74) is 2.37. The van der Waals surface area contributed by atoms with Gasteiger partial charge < -0.3 is 14.4 Å². The number of pyridine rings is 1. The van der Waals surface area contributed by atoms with Crippen LogP contribution in [0.5, 0.6) is 5.75 Å². The van der Waals surface area contributed by atoms with E-state index in [1.807, 2.05) is 36.6 Å². The number of hydrogen-bond donors (Lipinski definition) is 1. The van der Waals surface area contributed by atoms with Crippen LogP contribution in [0.3, 0.4) is 0 Å². The molecule has 1 N–H and O–H groups in total. The van der Waals surface area contributed by atoms with Crippen LogP contribution in [0.25, 0.3) is 11.4 Å². The second kappa shape index (κ2) is 10.5. The second-order valence-electron chi connectivity index (χ2n) is 7.84. The maximum atomic E-state index is 12.9. The zero-order chi connectivity index (χ0) is 24.0. The normalized spacial score (nSPS) is 11.5. The fourth-order valence-electron chi connectivity index (χ4n) is 3.49. The van der Waals surface area contributed by atoms with Crippen LogP contribution < -0.4 is 4.74 Å². The van der Waals surface area contributed by atoms with Crippen LogP contribution in [0.4, 0.5) is 13.2 Å².